The van der Waals surface area contributed by atoms with Crippen LogP contribution < -0.4 is 19.9 Å². The standard InChI is InChI=1S/C12H14ClNO5/c1-17-11-6(7(14)2-3-9(15)16)4-8-12(10(11)13)19-5-18-8/h4,7H,2-3,5,14H2,1H3,(H,15,16). The molecule has 0 aliphatic carbocycles. The average Bonchev–Trinajstić information content (AvgIpc) is 2.84. The average molecular weight is 288 g/mol. The molecule has 0 radical (unpaired) electrons. The number of aliphatic carboxylic acids is 1. The van der Waals surface area contributed by atoms with Gasteiger partial charge in [0.2, 0.25) is 6.79 Å². The van der Waals surface area contributed by atoms with E-state index in [9.17, 15) is 4.79 Å². The summed E-state index contributed by atoms with van der Waals surface area (Å²) < 4.78 is 15.7. The van der Waals surface area contributed by atoms with Crippen LogP contribution in [0.25, 0.3) is 0 Å². The molecule has 104 valence electrons. The lowest BCUT2D eigenvalue weighted by Gasteiger charge is -2.17. The lowest BCUT2D eigenvalue weighted by atomic mass is 10.0. The molecule has 0 bridgehead atoms. The van der Waals surface area contributed by atoms with Crippen LogP contribution in [-0.4, -0.2) is 25.0 Å². The number of carboxylic acids is 1. The van der Waals surface area contributed by atoms with Crippen LogP contribution in [-0.2, 0) is 4.79 Å². The highest BCUT2D eigenvalue weighted by molar-refractivity contribution is 6.34. The summed E-state index contributed by atoms with van der Waals surface area (Å²) in [5.41, 5.74) is 6.59. The molecule has 0 saturated heterocycles. The Morgan fingerprint density at radius 3 is 3.00 bits per heavy atom. The molecule has 1 atom stereocenters. The van der Waals surface area contributed by atoms with Gasteiger partial charge in [0.1, 0.15) is 10.8 Å². The molecule has 1 aliphatic rings. The normalized spacial score (nSPS) is 14.3. The second kappa shape index (κ2) is 5.54. The number of nitrogens with two attached hydrogens (primary N) is 1. The molecule has 1 aromatic carbocycles. The number of carboxylic acid groups (broad SMARTS) is 1. The molecule has 0 saturated carbocycles. The monoisotopic (exact) mass is 287 g/mol. The Morgan fingerprint density at radius 1 is 1.63 bits per heavy atom. The van der Waals surface area contributed by atoms with Crippen molar-refractivity contribution < 1.29 is 24.1 Å². The van der Waals surface area contributed by atoms with Gasteiger partial charge in [0.05, 0.1) is 7.11 Å². The molecule has 0 amide bonds. The molecule has 0 aromatic heterocycles. The zero-order valence-corrected chi connectivity index (χ0v) is 11.1. The fraction of sp³-hybridized carbons (Fsp3) is 0.417. The van der Waals surface area contributed by atoms with Crippen LogP contribution >= 0.6 is 11.6 Å². The van der Waals surface area contributed by atoms with Crippen LogP contribution in [0.5, 0.6) is 17.2 Å². The number of halogens is 1. The minimum Gasteiger partial charge on any atom is -0.495 e. The highest BCUT2D eigenvalue weighted by atomic mass is 35.5. The van der Waals surface area contributed by atoms with Gasteiger partial charge in [0.25, 0.3) is 0 Å². The van der Waals surface area contributed by atoms with Crippen LogP contribution in [0, 0.1) is 0 Å². The molecule has 0 spiro atoms. The predicted molar refractivity (Wildman–Crippen MR) is 67.9 cm³/mol. The van der Waals surface area contributed by atoms with E-state index in [4.69, 9.17) is 36.7 Å². The summed E-state index contributed by atoms with van der Waals surface area (Å²) in [6.07, 6.45) is 0.248. The fourth-order valence-electron chi connectivity index (χ4n) is 1.92. The molecule has 1 unspecified atom stereocenters. The summed E-state index contributed by atoms with van der Waals surface area (Å²) in [5, 5.41) is 8.98. The van der Waals surface area contributed by atoms with Crippen molar-refractivity contribution in [2.45, 2.75) is 18.9 Å². The number of carbonyl (C=O) groups is 1. The van der Waals surface area contributed by atoms with Crippen LogP contribution in [0.3, 0.4) is 0 Å². The van der Waals surface area contributed by atoms with Gasteiger partial charge >= 0.3 is 5.97 Å². The van der Waals surface area contributed by atoms with Crippen molar-refractivity contribution in [3.8, 4) is 17.2 Å². The smallest absolute Gasteiger partial charge is 0.303 e. The number of fused-ring (bicyclic) bond motifs is 1. The highest BCUT2D eigenvalue weighted by Crippen LogP contribution is 2.48. The largest absolute Gasteiger partial charge is 0.495 e. The van der Waals surface area contributed by atoms with E-state index in [1.54, 1.807) is 6.07 Å². The van der Waals surface area contributed by atoms with Crippen molar-refractivity contribution in [3.63, 3.8) is 0 Å². The van der Waals surface area contributed by atoms with Crippen LogP contribution in [0.4, 0.5) is 0 Å². The Hall–Kier alpha value is -1.66. The van der Waals surface area contributed by atoms with E-state index in [0.29, 0.717) is 27.8 Å². The third-order valence-corrected chi connectivity index (χ3v) is 3.21. The number of hydrogen-bond acceptors (Lipinski definition) is 5. The highest BCUT2D eigenvalue weighted by Gasteiger charge is 2.26. The summed E-state index contributed by atoms with van der Waals surface area (Å²) >= 11 is 6.16. The van der Waals surface area contributed by atoms with Gasteiger partial charge in [-0.15, -0.1) is 0 Å². The molecule has 1 aliphatic heterocycles. The van der Waals surface area contributed by atoms with Gasteiger partial charge in [-0.05, 0) is 12.5 Å². The van der Waals surface area contributed by atoms with E-state index in [0.717, 1.165) is 0 Å². The molecule has 19 heavy (non-hydrogen) atoms. The maximum absolute atomic E-state index is 10.6. The van der Waals surface area contributed by atoms with E-state index in [-0.39, 0.29) is 19.6 Å². The minimum absolute atomic E-state index is 0.0314. The molecule has 1 heterocycles. The maximum Gasteiger partial charge on any atom is 0.303 e. The molecular formula is C12H14ClNO5. The Kier molecular flexibility index (Phi) is 4.01. The van der Waals surface area contributed by atoms with E-state index in [1.165, 1.54) is 7.11 Å². The Labute approximate surface area is 115 Å². The van der Waals surface area contributed by atoms with E-state index in [2.05, 4.69) is 0 Å². The number of methoxy groups -OCH3 is 1. The lowest BCUT2D eigenvalue weighted by molar-refractivity contribution is -0.137. The summed E-state index contributed by atoms with van der Waals surface area (Å²) in [7, 11) is 1.47. The van der Waals surface area contributed by atoms with E-state index >= 15 is 0 Å². The molecule has 1 aromatic rings. The first-order valence-electron chi connectivity index (χ1n) is 5.68. The molecule has 2 rings (SSSR count). The third kappa shape index (κ3) is 2.69. The Morgan fingerprint density at radius 2 is 2.37 bits per heavy atom. The fourth-order valence-corrected chi connectivity index (χ4v) is 2.26. The van der Waals surface area contributed by atoms with Gasteiger partial charge < -0.3 is 25.1 Å². The summed E-state index contributed by atoms with van der Waals surface area (Å²) in [4.78, 5) is 10.6. The SMILES string of the molecule is COc1c(C(N)CCC(=O)O)cc2c(c1Cl)OCO2. The van der Waals surface area contributed by atoms with Crippen molar-refractivity contribution >= 4 is 17.6 Å². The molecule has 3 N–H and O–H groups in total. The van der Waals surface area contributed by atoms with Gasteiger partial charge in [-0.2, -0.15) is 0 Å². The molecule has 6 nitrogen and oxygen atoms in total. The first-order chi connectivity index (χ1) is 9.04. The van der Waals surface area contributed by atoms with Crippen molar-refractivity contribution in [2.75, 3.05) is 13.9 Å². The van der Waals surface area contributed by atoms with Crippen molar-refractivity contribution in [1.29, 1.82) is 0 Å². The third-order valence-electron chi connectivity index (χ3n) is 2.86. The van der Waals surface area contributed by atoms with Gasteiger partial charge in [-0.25, -0.2) is 0 Å². The minimum atomic E-state index is -0.902. The Balaban J connectivity index is 2.34. The van der Waals surface area contributed by atoms with Gasteiger partial charge in [0.15, 0.2) is 11.5 Å². The second-order valence-electron chi connectivity index (χ2n) is 4.09. The predicted octanol–water partition coefficient (Wildman–Crippen LogP) is 1.94. The number of ether oxygens (including phenoxy) is 3. The summed E-state index contributed by atoms with van der Waals surface area (Å²) in [5.74, 6) is 0.407. The lowest BCUT2D eigenvalue weighted by Crippen LogP contribution is -2.13. The first-order valence-corrected chi connectivity index (χ1v) is 6.05. The van der Waals surface area contributed by atoms with E-state index < -0.39 is 12.0 Å². The van der Waals surface area contributed by atoms with Gasteiger partial charge in [-0.1, -0.05) is 11.6 Å². The maximum atomic E-state index is 10.6. The second-order valence-corrected chi connectivity index (χ2v) is 4.46. The van der Waals surface area contributed by atoms with Crippen molar-refractivity contribution in [2.24, 2.45) is 5.73 Å². The van der Waals surface area contributed by atoms with Crippen molar-refractivity contribution in [3.05, 3.63) is 16.7 Å². The molecule has 7 heteroatoms. The van der Waals surface area contributed by atoms with E-state index in [1.807, 2.05) is 0 Å². The summed E-state index contributed by atoms with van der Waals surface area (Å²) in [6.45, 7) is 0.0893. The van der Waals surface area contributed by atoms with Crippen LogP contribution in [0.15, 0.2) is 6.07 Å². The summed E-state index contributed by atoms with van der Waals surface area (Å²) in [6, 6.07) is 1.18. The van der Waals surface area contributed by atoms with Gasteiger partial charge in [0, 0.05) is 18.0 Å². The number of benzene rings is 1. The number of rotatable bonds is 5. The van der Waals surface area contributed by atoms with Crippen LogP contribution in [0.1, 0.15) is 24.4 Å². The first kappa shape index (κ1) is 13.8. The van der Waals surface area contributed by atoms with Crippen molar-refractivity contribution in [1.82, 2.24) is 0 Å². The number of hydrogen-bond donors (Lipinski definition) is 2. The van der Waals surface area contributed by atoms with Gasteiger partial charge in [-0.3, -0.25) is 4.79 Å². The zero-order chi connectivity index (χ0) is 14.0. The zero-order valence-electron chi connectivity index (χ0n) is 10.3. The van der Waals surface area contributed by atoms with Crippen LogP contribution in [0.2, 0.25) is 5.02 Å². The quantitative estimate of drug-likeness (QED) is 0.860. The topological polar surface area (TPSA) is 91.0 Å². The molecule has 0 fully saturated rings. The Bertz CT molecular complexity index is 505. The molecular weight excluding hydrogens is 274 g/mol.